The maximum Gasteiger partial charge on any atom is 0.0687 e. The topological polar surface area (TPSA) is 9.23 Å². The van der Waals surface area contributed by atoms with Gasteiger partial charge in [0.1, 0.15) is 0 Å². The van der Waals surface area contributed by atoms with Gasteiger partial charge in [0.15, 0.2) is 0 Å². The van der Waals surface area contributed by atoms with Crippen molar-refractivity contribution in [2.75, 3.05) is 5.33 Å². The molecule has 0 bridgehead atoms. The number of rotatable bonds is 4. The van der Waals surface area contributed by atoms with E-state index in [1.54, 1.807) is 0 Å². The van der Waals surface area contributed by atoms with Gasteiger partial charge in [-0.25, -0.2) is 0 Å². The second kappa shape index (κ2) is 5.49. The van der Waals surface area contributed by atoms with Crippen LogP contribution in [0, 0.1) is 0 Å². The first kappa shape index (κ1) is 11.7. The van der Waals surface area contributed by atoms with Gasteiger partial charge in [0.05, 0.1) is 11.7 Å². The highest BCUT2D eigenvalue weighted by atomic mass is 79.9. The molecule has 2 fully saturated rings. The van der Waals surface area contributed by atoms with Gasteiger partial charge < -0.3 is 4.74 Å². The molecule has 1 unspecified atom stereocenters. The number of halogens is 1. The van der Waals surface area contributed by atoms with Crippen LogP contribution in [0.25, 0.3) is 0 Å². The molecule has 1 saturated carbocycles. The van der Waals surface area contributed by atoms with Gasteiger partial charge in [-0.2, -0.15) is 0 Å². The monoisotopic (exact) mass is 272 g/mol. The van der Waals surface area contributed by atoms with Gasteiger partial charge in [-0.1, -0.05) is 40.9 Å². The fourth-order valence-electron chi connectivity index (χ4n) is 2.88. The summed E-state index contributed by atoms with van der Waals surface area (Å²) in [6.45, 7) is 0. The Morgan fingerprint density at radius 2 is 2.00 bits per heavy atom. The van der Waals surface area contributed by atoms with Gasteiger partial charge in [0.2, 0.25) is 0 Å². The molecule has 1 saturated heterocycles. The third kappa shape index (κ3) is 3.07. The molecule has 1 nitrogen and oxygen atoms in total. The van der Waals surface area contributed by atoms with Crippen LogP contribution in [0.4, 0.5) is 0 Å². The summed E-state index contributed by atoms with van der Waals surface area (Å²) >= 11 is 3.43. The summed E-state index contributed by atoms with van der Waals surface area (Å²) < 4.78 is 6.23. The first-order valence-electron chi connectivity index (χ1n) is 6.23. The molecule has 2 rings (SSSR count). The Morgan fingerprint density at radius 3 is 2.73 bits per heavy atom. The lowest BCUT2D eigenvalue weighted by Crippen LogP contribution is -2.24. The van der Waals surface area contributed by atoms with Crippen molar-refractivity contribution < 1.29 is 4.74 Å². The minimum atomic E-state index is 0.313. The Hall–Kier alpha value is 0.180. The zero-order valence-electron chi connectivity index (χ0n) is 9.38. The van der Waals surface area contributed by atoms with Gasteiger partial charge in [0, 0.05) is 5.33 Å². The average molecular weight is 273 g/mol. The highest BCUT2D eigenvalue weighted by Crippen LogP contribution is 2.43. The molecule has 0 radical (unpaired) electrons. The summed E-state index contributed by atoms with van der Waals surface area (Å²) in [5.41, 5.74) is 0.313. The van der Waals surface area contributed by atoms with E-state index in [2.05, 4.69) is 28.1 Å². The lowest BCUT2D eigenvalue weighted by molar-refractivity contribution is -0.0345. The Kier molecular flexibility index (Phi) is 4.27. The predicted octanol–water partition coefficient (Wildman–Crippen LogP) is 4.21. The second-order valence-corrected chi connectivity index (χ2v) is 5.65. The third-order valence-corrected chi connectivity index (χ3v) is 4.15. The molecule has 1 spiro atoms. The van der Waals surface area contributed by atoms with Crippen LogP contribution in [0.15, 0.2) is 12.2 Å². The molecule has 1 aliphatic carbocycles. The van der Waals surface area contributed by atoms with E-state index in [9.17, 15) is 0 Å². The van der Waals surface area contributed by atoms with Crippen molar-refractivity contribution >= 4 is 15.9 Å². The van der Waals surface area contributed by atoms with Crippen LogP contribution >= 0.6 is 15.9 Å². The van der Waals surface area contributed by atoms with E-state index in [4.69, 9.17) is 4.74 Å². The van der Waals surface area contributed by atoms with E-state index < -0.39 is 0 Å². The van der Waals surface area contributed by atoms with E-state index in [-0.39, 0.29) is 0 Å². The normalized spacial score (nSPS) is 29.5. The van der Waals surface area contributed by atoms with Crippen LogP contribution in [0.2, 0.25) is 0 Å². The molecule has 0 amide bonds. The molecule has 1 heterocycles. The molecule has 1 atom stereocenters. The number of hydrogen-bond acceptors (Lipinski definition) is 1. The lowest BCUT2D eigenvalue weighted by Gasteiger charge is -2.23. The summed E-state index contributed by atoms with van der Waals surface area (Å²) in [5, 5.41) is 1.07. The maximum atomic E-state index is 6.23. The third-order valence-electron chi connectivity index (χ3n) is 3.69. The summed E-state index contributed by atoms with van der Waals surface area (Å²) in [7, 11) is 0. The standard InChI is InChI=1S/C13H21BrO/c14-11-5-1-2-6-12-7-10-13(15-12)8-3-4-9-13/h1-2,12H,3-11H2/b2-1+. The zero-order chi connectivity index (χ0) is 10.6. The lowest BCUT2D eigenvalue weighted by atomic mass is 9.98. The molecule has 15 heavy (non-hydrogen) atoms. The van der Waals surface area contributed by atoms with Gasteiger partial charge in [0.25, 0.3) is 0 Å². The minimum Gasteiger partial charge on any atom is -0.371 e. The van der Waals surface area contributed by atoms with Crippen LogP contribution in [-0.2, 0) is 4.74 Å². The van der Waals surface area contributed by atoms with Crippen LogP contribution in [0.1, 0.15) is 51.4 Å². The quantitative estimate of drug-likeness (QED) is 0.550. The first-order valence-corrected chi connectivity index (χ1v) is 7.36. The van der Waals surface area contributed by atoms with Crippen LogP contribution in [0.3, 0.4) is 0 Å². The average Bonchev–Trinajstić information content (AvgIpc) is 2.85. The molecule has 0 N–H and O–H groups in total. The van der Waals surface area contributed by atoms with E-state index in [0.717, 1.165) is 18.2 Å². The molecular weight excluding hydrogens is 252 g/mol. The molecule has 0 aromatic heterocycles. The fraction of sp³-hybridized carbons (Fsp3) is 0.846. The highest BCUT2D eigenvalue weighted by molar-refractivity contribution is 9.09. The molecule has 86 valence electrons. The highest BCUT2D eigenvalue weighted by Gasteiger charge is 2.41. The van der Waals surface area contributed by atoms with Crippen LogP contribution < -0.4 is 0 Å². The number of ether oxygens (including phenoxy) is 1. The smallest absolute Gasteiger partial charge is 0.0687 e. The van der Waals surface area contributed by atoms with Crippen molar-refractivity contribution in [1.29, 1.82) is 0 Å². The van der Waals surface area contributed by atoms with Gasteiger partial charge in [-0.05, 0) is 38.5 Å². The van der Waals surface area contributed by atoms with Crippen molar-refractivity contribution in [3.63, 3.8) is 0 Å². The van der Waals surface area contributed by atoms with Crippen molar-refractivity contribution in [3.8, 4) is 0 Å². The largest absolute Gasteiger partial charge is 0.371 e. The van der Waals surface area contributed by atoms with Crippen LogP contribution in [-0.4, -0.2) is 17.0 Å². The van der Waals surface area contributed by atoms with Crippen LogP contribution in [0.5, 0.6) is 0 Å². The molecule has 2 heteroatoms. The Morgan fingerprint density at radius 1 is 1.20 bits per heavy atom. The second-order valence-electron chi connectivity index (χ2n) is 4.85. The SMILES string of the molecule is BrCC/C=C/CC1CCC2(CCCC2)O1. The van der Waals surface area contributed by atoms with E-state index in [1.807, 2.05) is 0 Å². The predicted molar refractivity (Wildman–Crippen MR) is 67.5 cm³/mol. The molecule has 1 aliphatic heterocycles. The van der Waals surface area contributed by atoms with E-state index in [0.29, 0.717) is 11.7 Å². The minimum absolute atomic E-state index is 0.313. The maximum absolute atomic E-state index is 6.23. The Bertz CT molecular complexity index is 219. The van der Waals surface area contributed by atoms with Gasteiger partial charge in [-0.3, -0.25) is 0 Å². The number of allylic oxidation sites excluding steroid dienone is 1. The first-order chi connectivity index (χ1) is 7.35. The van der Waals surface area contributed by atoms with Crippen molar-refractivity contribution in [1.82, 2.24) is 0 Å². The fourth-order valence-corrected chi connectivity index (χ4v) is 3.14. The Balaban J connectivity index is 1.73. The van der Waals surface area contributed by atoms with Gasteiger partial charge >= 0.3 is 0 Å². The summed E-state index contributed by atoms with van der Waals surface area (Å²) in [6, 6.07) is 0. The molecule has 2 aliphatic rings. The van der Waals surface area contributed by atoms with Crippen molar-refractivity contribution in [3.05, 3.63) is 12.2 Å². The molecule has 0 aromatic carbocycles. The summed E-state index contributed by atoms with van der Waals surface area (Å²) in [6.07, 6.45) is 15.3. The van der Waals surface area contributed by atoms with E-state index >= 15 is 0 Å². The molecular formula is C13H21BrO. The van der Waals surface area contributed by atoms with Crippen molar-refractivity contribution in [2.24, 2.45) is 0 Å². The Labute approximate surface area is 101 Å². The number of alkyl halides is 1. The number of hydrogen-bond donors (Lipinski definition) is 0. The van der Waals surface area contributed by atoms with Gasteiger partial charge in [-0.15, -0.1) is 0 Å². The van der Waals surface area contributed by atoms with E-state index in [1.165, 1.54) is 38.5 Å². The summed E-state index contributed by atoms with van der Waals surface area (Å²) in [4.78, 5) is 0. The molecule has 0 aromatic rings. The zero-order valence-corrected chi connectivity index (χ0v) is 11.0. The summed E-state index contributed by atoms with van der Waals surface area (Å²) in [5.74, 6) is 0. The van der Waals surface area contributed by atoms with Crippen molar-refractivity contribution in [2.45, 2.75) is 63.1 Å².